The van der Waals surface area contributed by atoms with Crippen LogP contribution in [-0.2, 0) is 19.6 Å². The van der Waals surface area contributed by atoms with Crippen molar-refractivity contribution in [2.75, 3.05) is 29.4 Å². The number of hydrogen-bond acceptors (Lipinski definition) is 5. The molecule has 0 aromatic heterocycles. The molecule has 1 amide bonds. The van der Waals surface area contributed by atoms with E-state index in [1.165, 1.54) is 7.11 Å². The predicted octanol–water partition coefficient (Wildman–Crippen LogP) is 1.17. The number of methoxy groups -OCH3 is 1. The molecule has 0 aliphatic heterocycles. The van der Waals surface area contributed by atoms with Crippen LogP contribution in [0.4, 0.5) is 11.4 Å². The fourth-order valence-corrected chi connectivity index (χ4v) is 2.19. The second-order valence-corrected chi connectivity index (χ2v) is 6.44. The lowest BCUT2D eigenvalue weighted by Crippen LogP contribution is -2.28. The Kier molecular flexibility index (Phi) is 9.03. The first-order chi connectivity index (χ1) is 9.90. The second kappa shape index (κ2) is 9.62. The zero-order chi connectivity index (χ0) is 15.9. The number of sulfonamides is 1. The van der Waals surface area contributed by atoms with Crippen molar-refractivity contribution in [1.82, 2.24) is 0 Å². The van der Waals surface area contributed by atoms with Crippen LogP contribution in [0.1, 0.15) is 13.3 Å². The van der Waals surface area contributed by atoms with Gasteiger partial charge in [-0.1, -0.05) is 0 Å². The van der Waals surface area contributed by atoms with Crippen LogP contribution in [0.3, 0.4) is 0 Å². The number of carbonyl (C=O) groups is 1. The molecule has 126 valence electrons. The lowest BCUT2D eigenvalue weighted by molar-refractivity contribution is -0.118. The third-order valence-corrected chi connectivity index (χ3v) is 4.14. The quantitative estimate of drug-likeness (QED) is 0.651. The largest absolute Gasteiger partial charge is 0.380 e. The lowest BCUT2D eigenvalue weighted by atomic mass is 10.2. The highest BCUT2D eigenvalue weighted by Crippen LogP contribution is 2.15. The monoisotopic (exact) mass is 351 g/mol. The molecule has 0 fully saturated rings. The summed E-state index contributed by atoms with van der Waals surface area (Å²) in [5.41, 5.74) is 6.47. The van der Waals surface area contributed by atoms with Gasteiger partial charge >= 0.3 is 0 Å². The normalized spacial score (nSPS) is 12.1. The number of amides is 1. The van der Waals surface area contributed by atoms with Crippen molar-refractivity contribution in [1.29, 1.82) is 0 Å². The Hall–Kier alpha value is -1.35. The van der Waals surface area contributed by atoms with Gasteiger partial charge in [0.15, 0.2) is 0 Å². The van der Waals surface area contributed by atoms with Crippen LogP contribution >= 0.6 is 12.4 Å². The molecule has 1 rings (SSSR count). The molecule has 1 atom stereocenters. The van der Waals surface area contributed by atoms with Crippen molar-refractivity contribution >= 4 is 39.7 Å². The molecule has 0 saturated carbocycles. The maximum atomic E-state index is 11.7. The van der Waals surface area contributed by atoms with Gasteiger partial charge in [0, 0.05) is 25.0 Å². The van der Waals surface area contributed by atoms with E-state index in [0.717, 1.165) is 0 Å². The third kappa shape index (κ3) is 7.08. The van der Waals surface area contributed by atoms with Crippen LogP contribution in [-0.4, -0.2) is 39.8 Å². The van der Waals surface area contributed by atoms with Crippen LogP contribution in [0.2, 0.25) is 0 Å². The van der Waals surface area contributed by atoms with Crippen molar-refractivity contribution in [2.45, 2.75) is 19.4 Å². The molecule has 22 heavy (non-hydrogen) atoms. The molecule has 0 aliphatic rings. The summed E-state index contributed by atoms with van der Waals surface area (Å²) >= 11 is 0. The summed E-state index contributed by atoms with van der Waals surface area (Å²) in [6.45, 7) is 1.82. The Balaban J connectivity index is 0.00000441. The summed E-state index contributed by atoms with van der Waals surface area (Å²) < 4.78 is 30.3. The van der Waals surface area contributed by atoms with Crippen LogP contribution in [0.5, 0.6) is 0 Å². The minimum absolute atomic E-state index is 0. The first kappa shape index (κ1) is 20.6. The van der Waals surface area contributed by atoms with Crippen molar-refractivity contribution in [3.05, 3.63) is 24.3 Å². The topological polar surface area (TPSA) is 111 Å². The standard InChI is InChI=1S/C13H21N3O4S.ClH/c1-3-21(18,19)16-11-6-4-10(5-7-11)15-13(17)8-12(9-14)20-2;/h4-7,12,16H,3,8-9,14H2,1-2H3,(H,15,17);1H. The number of anilines is 2. The van der Waals surface area contributed by atoms with Gasteiger partial charge in [0.2, 0.25) is 15.9 Å². The zero-order valence-corrected chi connectivity index (χ0v) is 14.2. The molecule has 1 aromatic rings. The summed E-state index contributed by atoms with van der Waals surface area (Å²) in [5.74, 6) is -0.211. The Morgan fingerprint density at radius 1 is 1.27 bits per heavy atom. The summed E-state index contributed by atoms with van der Waals surface area (Å²) in [6, 6.07) is 6.41. The van der Waals surface area contributed by atoms with Crippen LogP contribution < -0.4 is 15.8 Å². The van der Waals surface area contributed by atoms with Crippen LogP contribution in [0, 0.1) is 0 Å². The first-order valence-electron chi connectivity index (χ1n) is 6.53. The number of carbonyl (C=O) groups excluding carboxylic acids is 1. The minimum Gasteiger partial charge on any atom is -0.380 e. The number of benzene rings is 1. The van der Waals surface area contributed by atoms with Gasteiger partial charge in [-0.3, -0.25) is 9.52 Å². The van der Waals surface area contributed by atoms with E-state index >= 15 is 0 Å². The molecule has 0 aliphatic carbocycles. The van der Waals surface area contributed by atoms with Gasteiger partial charge in [-0.2, -0.15) is 0 Å². The van der Waals surface area contributed by atoms with E-state index in [9.17, 15) is 13.2 Å². The molecular formula is C13H22ClN3O4S. The van der Waals surface area contributed by atoms with Gasteiger partial charge in [-0.05, 0) is 31.2 Å². The van der Waals surface area contributed by atoms with Crippen molar-refractivity contribution < 1.29 is 17.9 Å². The molecule has 0 saturated heterocycles. The summed E-state index contributed by atoms with van der Waals surface area (Å²) in [5, 5.41) is 2.69. The molecule has 1 unspecified atom stereocenters. The van der Waals surface area contributed by atoms with Crippen molar-refractivity contribution in [3.8, 4) is 0 Å². The second-order valence-electron chi connectivity index (χ2n) is 4.43. The van der Waals surface area contributed by atoms with Gasteiger partial charge in [-0.15, -0.1) is 12.4 Å². The van der Waals surface area contributed by atoms with E-state index in [1.807, 2.05) is 0 Å². The summed E-state index contributed by atoms with van der Waals surface area (Å²) in [7, 11) is -1.80. The number of ether oxygens (including phenoxy) is 1. The van der Waals surface area contributed by atoms with Crippen LogP contribution in [0.25, 0.3) is 0 Å². The first-order valence-corrected chi connectivity index (χ1v) is 8.18. The van der Waals surface area contributed by atoms with Crippen LogP contribution in [0.15, 0.2) is 24.3 Å². The van der Waals surface area contributed by atoms with E-state index in [0.29, 0.717) is 11.4 Å². The molecular weight excluding hydrogens is 330 g/mol. The third-order valence-electron chi connectivity index (χ3n) is 2.83. The molecule has 9 heteroatoms. The number of nitrogens with one attached hydrogen (secondary N) is 2. The number of nitrogens with two attached hydrogens (primary N) is 1. The molecule has 1 aromatic carbocycles. The molecule has 0 spiro atoms. The number of rotatable bonds is 8. The van der Waals surface area contributed by atoms with Gasteiger partial charge in [0.25, 0.3) is 0 Å². The maximum absolute atomic E-state index is 11.7. The van der Waals surface area contributed by atoms with E-state index in [-0.39, 0.29) is 43.1 Å². The highest BCUT2D eigenvalue weighted by atomic mass is 35.5. The Labute approximate surface area is 137 Å². The highest BCUT2D eigenvalue weighted by molar-refractivity contribution is 7.92. The molecule has 0 heterocycles. The Morgan fingerprint density at radius 3 is 2.27 bits per heavy atom. The highest BCUT2D eigenvalue weighted by Gasteiger charge is 2.12. The Morgan fingerprint density at radius 2 is 1.82 bits per heavy atom. The SMILES string of the molecule is CCS(=O)(=O)Nc1ccc(NC(=O)CC(CN)OC)cc1.Cl. The van der Waals surface area contributed by atoms with Gasteiger partial charge in [-0.25, -0.2) is 8.42 Å². The fourth-order valence-electron chi connectivity index (χ4n) is 1.56. The van der Waals surface area contributed by atoms with E-state index in [1.54, 1.807) is 31.2 Å². The lowest BCUT2D eigenvalue weighted by Gasteiger charge is -2.13. The van der Waals surface area contributed by atoms with Gasteiger partial charge < -0.3 is 15.8 Å². The smallest absolute Gasteiger partial charge is 0.232 e. The number of halogens is 1. The van der Waals surface area contributed by atoms with E-state index in [2.05, 4.69) is 10.0 Å². The minimum atomic E-state index is -3.30. The van der Waals surface area contributed by atoms with Crippen molar-refractivity contribution in [3.63, 3.8) is 0 Å². The maximum Gasteiger partial charge on any atom is 0.232 e. The molecule has 0 radical (unpaired) electrons. The predicted molar refractivity (Wildman–Crippen MR) is 89.9 cm³/mol. The van der Waals surface area contributed by atoms with Crippen molar-refractivity contribution in [2.24, 2.45) is 5.73 Å². The fraction of sp³-hybridized carbons (Fsp3) is 0.462. The Bertz CT molecular complexity index is 559. The molecule has 0 bridgehead atoms. The molecule has 7 nitrogen and oxygen atoms in total. The average molecular weight is 352 g/mol. The van der Waals surface area contributed by atoms with E-state index in [4.69, 9.17) is 10.5 Å². The summed E-state index contributed by atoms with van der Waals surface area (Å²) in [6.07, 6.45) is -0.155. The van der Waals surface area contributed by atoms with E-state index < -0.39 is 10.0 Å². The van der Waals surface area contributed by atoms with Gasteiger partial charge in [0.05, 0.1) is 18.3 Å². The average Bonchev–Trinajstić information content (AvgIpc) is 2.46. The number of hydrogen-bond donors (Lipinski definition) is 3. The summed E-state index contributed by atoms with van der Waals surface area (Å²) in [4.78, 5) is 11.7. The molecule has 4 N–H and O–H groups in total. The van der Waals surface area contributed by atoms with Gasteiger partial charge in [0.1, 0.15) is 0 Å². The zero-order valence-electron chi connectivity index (χ0n) is 12.5.